The highest BCUT2D eigenvalue weighted by Crippen LogP contribution is 1.97. The Labute approximate surface area is 95.0 Å². The summed E-state index contributed by atoms with van der Waals surface area (Å²) in [5.41, 5.74) is 0. The van der Waals surface area contributed by atoms with E-state index in [1.54, 1.807) is 0 Å². The van der Waals surface area contributed by atoms with Gasteiger partial charge in [0.25, 0.3) is 0 Å². The number of carbonyl (C=O) groups is 2. The monoisotopic (exact) mass is 230 g/mol. The van der Waals surface area contributed by atoms with Crippen LogP contribution in [0.3, 0.4) is 0 Å². The van der Waals surface area contributed by atoms with Crippen molar-refractivity contribution in [1.29, 1.82) is 0 Å². The quantitative estimate of drug-likeness (QED) is 0.312. The van der Waals surface area contributed by atoms with Gasteiger partial charge in [-0.3, -0.25) is 0 Å². The number of aliphatic hydroxyl groups is 1. The minimum atomic E-state index is -0.901. The number of hydrogen-bond donors (Lipinski definition) is 1. The second kappa shape index (κ2) is 8.76. The van der Waals surface area contributed by atoms with Crippen molar-refractivity contribution < 1.29 is 24.2 Å². The first-order valence-corrected chi connectivity index (χ1v) is 5.36. The molecule has 0 aromatic heterocycles. The maximum Gasteiger partial charge on any atom is 0.373 e. The van der Waals surface area contributed by atoms with Crippen molar-refractivity contribution in [3.8, 4) is 0 Å². The average Bonchev–Trinajstić information content (AvgIpc) is 2.26. The molecule has 0 aromatic rings. The van der Waals surface area contributed by atoms with E-state index in [0.717, 1.165) is 18.9 Å². The van der Waals surface area contributed by atoms with Gasteiger partial charge in [-0.1, -0.05) is 20.3 Å². The molecular formula is C11H18O5. The van der Waals surface area contributed by atoms with Crippen molar-refractivity contribution in [2.24, 2.45) is 0 Å². The van der Waals surface area contributed by atoms with Crippen molar-refractivity contribution in [3.05, 3.63) is 11.8 Å². The first-order valence-electron chi connectivity index (χ1n) is 5.36. The van der Waals surface area contributed by atoms with Gasteiger partial charge in [0, 0.05) is 0 Å². The van der Waals surface area contributed by atoms with Gasteiger partial charge in [-0.25, -0.2) is 9.59 Å². The number of ether oxygens (including phenoxy) is 2. The Balaban J connectivity index is 4.00. The molecule has 0 bridgehead atoms. The lowest BCUT2D eigenvalue weighted by atomic mass is 10.3. The summed E-state index contributed by atoms with van der Waals surface area (Å²) in [6.07, 6.45) is 3.01. The lowest BCUT2D eigenvalue weighted by molar-refractivity contribution is -0.144. The van der Waals surface area contributed by atoms with Gasteiger partial charge in [0.05, 0.1) is 19.3 Å². The average molecular weight is 230 g/mol. The zero-order valence-corrected chi connectivity index (χ0v) is 9.69. The number of aliphatic hydroxyl groups excluding tert-OH is 1. The van der Waals surface area contributed by atoms with E-state index in [9.17, 15) is 14.7 Å². The third kappa shape index (κ3) is 6.86. The van der Waals surface area contributed by atoms with Gasteiger partial charge in [0.15, 0.2) is 0 Å². The fraction of sp³-hybridized carbons (Fsp3) is 0.636. The normalized spacial score (nSPS) is 11.0. The highest BCUT2D eigenvalue weighted by Gasteiger charge is 2.11. The third-order valence-electron chi connectivity index (χ3n) is 1.64. The summed E-state index contributed by atoms with van der Waals surface area (Å²) in [4.78, 5) is 22.1. The Morgan fingerprint density at radius 1 is 1.12 bits per heavy atom. The summed E-state index contributed by atoms with van der Waals surface area (Å²) in [7, 11) is 0. The lowest BCUT2D eigenvalue weighted by Gasteiger charge is -2.02. The smallest absolute Gasteiger partial charge is 0.373 e. The van der Waals surface area contributed by atoms with Crippen LogP contribution in [-0.4, -0.2) is 30.3 Å². The predicted octanol–water partition coefficient (Wildman–Crippen LogP) is 1.72. The highest BCUT2D eigenvalue weighted by molar-refractivity contribution is 5.94. The van der Waals surface area contributed by atoms with Gasteiger partial charge in [0.2, 0.25) is 5.76 Å². The van der Waals surface area contributed by atoms with E-state index in [0.29, 0.717) is 6.42 Å². The molecule has 0 saturated carbocycles. The van der Waals surface area contributed by atoms with E-state index in [1.807, 2.05) is 13.8 Å². The maximum atomic E-state index is 11.1. The van der Waals surface area contributed by atoms with Gasteiger partial charge >= 0.3 is 11.9 Å². The fourth-order valence-corrected chi connectivity index (χ4v) is 0.798. The highest BCUT2D eigenvalue weighted by atomic mass is 16.5. The predicted molar refractivity (Wildman–Crippen MR) is 57.8 cm³/mol. The molecule has 5 nitrogen and oxygen atoms in total. The summed E-state index contributed by atoms with van der Waals surface area (Å²) in [6.45, 7) is 4.28. The van der Waals surface area contributed by atoms with Gasteiger partial charge < -0.3 is 14.6 Å². The zero-order chi connectivity index (χ0) is 12.4. The number of rotatable bonds is 7. The van der Waals surface area contributed by atoms with Crippen molar-refractivity contribution in [2.45, 2.75) is 33.1 Å². The Hall–Kier alpha value is -1.52. The fourth-order valence-electron chi connectivity index (χ4n) is 0.798. The van der Waals surface area contributed by atoms with E-state index < -0.39 is 17.7 Å². The van der Waals surface area contributed by atoms with Crippen LogP contribution in [0, 0.1) is 0 Å². The second-order valence-electron chi connectivity index (χ2n) is 3.19. The number of carbonyl (C=O) groups excluding carboxylic acids is 2. The molecule has 0 saturated heterocycles. The summed E-state index contributed by atoms with van der Waals surface area (Å²) in [6, 6.07) is 0. The Morgan fingerprint density at radius 3 is 2.38 bits per heavy atom. The SMILES string of the molecule is CCCCOC(=O)/C(O)=C\C(=O)OCCC. The number of unbranched alkanes of at least 4 members (excludes halogenated alkanes) is 1. The van der Waals surface area contributed by atoms with Crippen molar-refractivity contribution >= 4 is 11.9 Å². The van der Waals surface area contributed by atoms with Gasteiger partial charge in [-0.15, -0.1) is 0 Å². The molecule has 0 unspecified atom stereocenters. The van der Waals surface area contributed by atoms with Crippen LogP contribution in [0.15, 0.2) is 11.8 Å². The molecule has 0 aromatic carbocycles. The molecule has 0 aliphatic rings. The molecule has 5 heteroatoms. The molecule has 0 atom stereocenters. The van der Waals surface area contributed by atoms with Crippen LogP contribution in [0.5, 0.6) is 0 Å². The summed E-state index contributed by atoms with van der Waals surface area (Å²) in [5, 5.41) is 9.17. The topological polar surface area (TPSA) is 72.8 Å². The molecule has 0 aliphatic carbocycles. The molecule has 0 spiro atoms. The van der Waals surface area contributed by atoms with Crippen LogP contribution in [0.1, 0.15) is 33.1 Å². The van der Waals surface area contributed by atoms with Crippen molar-refractivity contribution in [1.82, 2.24) is 0 Å². The first kappa shape index (κ1) is 14.5. The largest absolute Gasteiger partial charge is 0.502 e. The van der Waals surface area contributed by atoms with Crippen LogP contribution in [0.25, 0.3) is 0 Å². The summed E-state index contributed by atoms with van der Waals surface area (Å²) >= 11 is 0. The van der Waals surface area contributed by atoms with Crippen LogP contribution in [0.4, 0.5) is 0 Å². The van der Waals surface area contributed by atoms with E-state index in [1.165, 1.54) is 0 Å². The second-order valence-corrected chi connectivity index (χ2v) is 3.19. The van der Waals surface area contributed by atoms with E-state index in [-0.39, 0.29) is 13.2 Å². The molecular weight excluding hydrogens is 212 g/mol. The summed E-state index contributed by atoms with van der Waals surface area (Å²) < 4.78 is 9.34. The maximum absolute atomic E-state index is 11.1. The minimum Gasteiger partial charge on any atom is -0.502 e. The zero-order valence-electron chi connectivity index (χ0n) is 9.69. The lowest BCUT2D eigenvalue weighted by Crippen LogP contribution is -2.11. The van der Waals surface area contributed by atoms with Gasteiger partial charge in [-0.2, -0.15) is 0 Å². The Morgan fingerprint density at radius 2 is 1.81 bits per heavy atom. The molecule has 0 aliphatic heterocycles. The van der Waals surface area contributed by atoms with Crippen LogP contribution >= 0.6 is 0 Å². The van der Waals surface area contributed by atoms with Crippen molar-refractivity contribution in [2.75, 3.05) is 13.2 Å². The standard InChI is InChI=1S/C11H18O5/c1-3-5-7-16-11(14)9(12)8-10(13)15-6-4-2/h8,12H,3-7H2,1-2H3/b9-8+. The molecule has 0 heterocycles. The van der Waals surface area contributed by atoms with E-state index in [2.05, 4.69) is 9.47 Å². The third-order valence-corrected chi connectivity index (χ3v) is 1.64. The Bertz CT molecular complexity index is 257. The minimum absolute atomic E-state index is 0.233. The van der Waals surface area contributed by atoms with E-state index in [4.69, 9.17) is 0 Å². The van der Waals surface area contributed by atoms with Crippen LogP contribution in [-0.2, 0) is 19.1 Å². The van der Waals surface area contributed by atoms with Crippen LogP contribution < -0.4 is 0 Å². The molecule has 92 valence electrons. The summed E-state index contributed by atoms with van der Waals surface area (Å²) in [5.74, 6) is -2.37. The van der Waals surface area contributed by atoms with Gasteiger partial charge in [0.1, 0.15) is 0 Å². The first-order chi connectivity index (χ1) is 7.61. The molecule has 0 rings (SSSR count). The van der Waals surface area contributed by atoms with Gasteiger partial charge in [-0.05, 0) is 12.8 Å². The molecule has 16 heavy (non-hydrogen) atoms. The Kier molecular flexibility index (Phi) is 7.93. The number of esters is 2. The molecule has 1 N–H and O–H groups in total. The number of hydrogen-bond acceptors (Lipinski definition) is 5. The van der Waals surface area contributed by atoms with Crippen LogP contribution in [0.2, 0.25) is 0 Å². The molecule has 0 radical (unpaired) electrons. The van der Waals surface area contributed by atoms with E-state index >= 15 is 0 Å². The van der Waals surface area contributed by atoms with Crippen molar-refractivity contribution in [3.63, 3.8) is 0 Å². The molecule has 0 fully saturated rings. The molecule has 0 amide bonds.